The number of likely N-dealkylation sites (N-methyl/N-ethyl adjacent to an activating group) is 1. The molecule has 0 radical (unpaired) electrons. The van der Waals surface area contributed by atoms with Crippen LogP contribution < -0.4 is 26.8 Å². The normalized spacial score (nSPS) is 15.8. The molecule has 1 aromatic rings. The Bertz CT molecular complexity index is 473. The van der Waals surface area contributed by atoms with Crippen LogP contribution in [0.5, 0.6) is 0 Å². The number of carbonyl (C=O) groups is 1. The molecule has 1 aliphatic rings. The molecule has 1 aliphatic heterocycles. The summed E-state index contributed by atoms with van der Waals surface area (Å²) in [6.45, 7) is 3.56. The lowest BCUT2D eigenvalue weighted by Gasteiger charge is -2.18. The second-order valence-electron chi connectivity index (χ2n) is 4.60. The summed E-state index contributed by atoms with van der Waals surface area (Å²) in [6, 6.07) is -0.445. The van der Waals surface area contributed by atoms with E-state index in [2.05, 4.69) is 35.9 Å². The molecular formula is C11H20N8O. The fourth-order valence-electron chi connectivity index (χ4n) is 2.03. The highest BCUT2D eigenvalue weighted by Gasteiger charge is 2.19. The Morgan fingerprint density at radius 3 is 2.50 bits per heavy atom. The van der Waals surface area contributed by atoms with Crippen LogP contribution in [0.3, 0.4) is 0 Å². The maximum absolute atomic E-state index is 11.5. The van der Waals surface area contributed by atoms with Gasteiger partial charge in [0.2, 0.25) is 23.8 Å². The third kappa shape index (κ3) is 3.23. The highest BCUT2D eigenvalue weighted by molar-refractivity contribution is 5.83. The molecule has 0 aliphatic carbocycles. The van der Waals surface area contributed by atoms with E-state index in [9.17, 15) is 4.79 Å². The van der Waals surface area contributed by atoms with Crippen LogP contribution in [-0.2, 0) is 4.79 Å². The minimum atomic E-state index is -0.445. The third-order valence-electron chi connectivity index (χ3n) is 3.13. The van der Waals surface area contributed by atoms with E-state index in [1.807, 2.05) is 0 Å². The number of hydrogen-bond donors (Lipinski definition) is 4. The average molecular weight is 280 g/mol. The predicted octanol–water partition coefficient (Wildman–Crippen LogP) is -0.696. The molecule has 0 spiro atoms. The van der Waals surface area contributed by atoms with E-state index in [1.54, 1.807) is 14.0 Å². The van der Waals surface area contributed by atoms with Crippen molar-refractivity contribution in [3.05, 3.63) is 0 Å². The van der Waals surface area contributed by atoms with Crippen LogP contribution in [0.4, 0.5) is 17.8 Å². The highest BCUT2D eigenvalue weighted by atomic mass is 16.2. The Kier molecular flexibility index (Phi) is 4.51. The number of nitrogens with one attached hydrogen (secondary N) is 3. The maximum atomic E-state index is 11.5. The van der Waals surface area contributed by atoms with E-state index in [1.165, 1.54) is 0 Å². The van der Waals surface area contributed by atoms with Gasteiger partial charge in [-0.25, -0.2) is 5.84 Å². The summed E-state index contributed by atoms with van der Waals surface area (Å²) < 4.78 is 0. The summed E-state index contributed by atoms with van der Waals surface area (Å²) >= 11 is 0. The molecule has 1 fully saturated rings. The Hall–Kier alpha value is -2.16. The lowest BCUT2D eigenvalue weighted by molar-refractivity contribution is -0.121. The Labute approximate surface area is 117 Å². The topological polar surface area (TPSA) is 121 Å². The summed E-state index contributed by atoms with van der Waals surface area (Å²) in [5.74, 6) is 6.39. The van der Waals surface area contributed by atoms with Gasteiger partial charge in [-0.15, -0.1) is 0 Å². The van der Waals surface area contributed by atoms with Gasteiger partial charge in [-0.05, 0) is 19.8 Å². The van der Waals surface area contributed by atoms with Gasteiger partial charge in [0.15, 0.2) is 0 Å². The average Bonchev–Trinajstić information content (AvgIpc) is 3.00. The van der Waals surface area contributed by atoms with E-state index in [0.717, 1.165) is 25.9 Å². The van der Waals surface area contributed by atoms with Gasteiger partial charge < -0.3 is 15.5 Å². The van der Waals surface area contributed by atoms with Crippen molar-refractivity contribution in [3.63, 3.8) is 0 Å². The lowest BCUT2D eigenvalue weighted by Crippen LogP contribution is -2.36. The zero-order valence-corrected chi connectivity index (χ0v) is 11.7. The Morgan fingerprint density at radius 2 is 1.90 bits per heavy atom. The fraction of sp³-hybridized carbons (Fsp3) is 0.636. The van der Waals surface area contributed by atoms with E-state index in [4.69, 9.17) is 5.84 Å². The molecule has 5 N–H and O–H groups in total. The van der Waals surface area contributed by atoms with Gasteiger partial charge in [-0.3, -0.25) is 10.2 Å². The van der Waals surface area contributed by atoms with Gasteiger partial charge in [0.05, 0.1) is 0 Å². The molecule has 20 heavy (non-hydrogen) atoms. The van der Waals surface area contributed by atoms with Crippen molar-refractivity contribution < 1.29 is 4.79 Å². The van der Waals surface area contributed by atoms with Crippen LogP contribution in [0, 0.1) is 0 Å². The summed E-state index contributed by atoms with van der Waals surface area (Å²) in [4.78, 5) is 26.3. The van der Waals surface area contributed by atoms with Crippen molar-refractivity contribution >= 4 is 23.8 Å². The smallest absolute Gasteiger partial charge is 0.243 e. The van der Waals surface area contributed by atoms with Crippen LogP contribution in [0.1, 0.15) is 19.8 Å². The summed E-state index contributed by atoms with van der Waals surface area (Å²) in [7, 11) is 1.58. The zero-order chi connectivity index (χ0) is 14.5. The van der Waals surface area contributed by atoms with Crippen LogP contribution in [0.2, 0.25) is 0 Å². The predicted molar refractivity (Wildman–Crippen MR) is 76.2 cm³/mol. The number of anilines is 3. The minimum Gasteiger partial charge on any atom is -0.357 e. The first-order valence-corrected chi connectivity index (χ1v) is 6.60. The summed E-state index contributed by atoms with van der Waals surface area (Å²) in [6.07, 6.45) is 2.24. The monoisotopic (exact) mass is 280 g/mol. The molecule has 0 saturated carbocycles. The van der Waals surface area contributed by atoms with Crippen molar-refractivity contribution in [2.45, 2.75) is 25.8 Å². The SMILES string of the molecule is CNC(=O)C(C)Nc1nc(NN)nc(N2CCCC2)n1. The van der Waals surface area contributed by atoms with Gasteiger partial charge in [-0.1, -0.05) is 0 Å². The van der Waals surface area contributed by atoms with Gasteiger partial charge in [0.1, 0.15) is 6.04 Å². The molecule has 1 unspecified atom stereocenters. The van der Waals surface area contributed by atoms with Gasteiger partial charge in [0.25, 0.3) is 0 Å². The molecule has 110 valence electrons. The molecule has 1 atom stereocenters. The number of carbonyl (C=O) groups excluding carboxylic acids is 1. The van der Waals surface area contributed by atoms with E-state index < -0.39 is 6.04 Å². The number of nitrogen functional groups attached to an aromatic ring is 1. The second kappa shape index (κ2) is 6.33. The number of nitrogens with zero attached hydrogens (tertiary/aromatic N) is 4. The minimum absolute atomic E-state index is 0.143. The van der Waals surface area contributed by atoms with Crippen molar-refractivity contribution in [2.24, 2.45) is 5.84 Å². The van der Waals surface area contributed by atoms with E-state index >= 15 is 0 Å². The number of rotatable bonds is 5. The first kappa shape index (κ1) is 14.3. The molecule has 9 nitrogen and oxygen atoms in total. The quantitative estimate of drug-likeness (QED) is 0.413. The number of amides is 1. The van der Waals surface area contributed by atoms with Crippen LogP contribution in [0.25, 0.3) is 0 Å². The molecular weight excluding hydrogens is 260 g/mol. The van der Waals surface area contributed by atoms with E-state index in [0.29, 0.717) is 11.9 Å². The number of nitrogens with two attached hydrogens (primary N) is 1. The van der Waals surface area contributed by atoms with Gasteiger partial charge >= 0.3 is 0 Å². The van der Waals surface area contributed by atoms with Gasteiger partial charge in [-0.2, -0.15) is 15.0 Å². The van der Waals surface area contributed by atoms with Crippen molar-refractivity contribution in [3.8, 4) is 0 Å². The summed E-state index contributed by atoms with van der Waals surface area (Å²) in [5.41, 5.74) is 2.42. The van der Waals surface area contributed by atoms with E-state index in [-0.39, 0.29) is 11.9 Å². The molecule has 9 heteroatoms. The molecule has 2 rings (SSSR count). The van der Waals surface area contributed by atoms with Crippen LogP contribution >= 0.6 is 0 Å². The first-order chi connectivity index (χ1) is 9.63. The molecule has 2 heterocycles. The van der Waals surface area contributed by atoms with Crippen molar-refractivity contribution in [1.82, 2.24) is 20.3 Å². The number of hydrogen-bond acceptors (Lipinski definition) is 8. The van der Waals surface area contributed by atoms with Crippen molar-refractivity contribution in [2.75, 3.05) is 35.8 Å². The van der Waals surface area contributed by atoms with Crippen LogP contribution in [0.15, 0.2) is 0 Å². The van der Waals surface area contributed by atoms with Crippen molar-refractivity contribution in [1.29, 1.82) is 0 Å². The van der Waals surface area contributed by atoms with Gasteiger partial charge in [0, 0.05) is 20.1 Å². The standard InChI is InChI=1S/C11H20N8O/c1-7(8(20)13-2)14-9-15-10(18-12)17-11(16-9)19-5-3-4-6-19/h7H,3-6,12H2,1-2H3,(H,13,20)(H2,14,15,16,17,18). The number of aromatic nitrogens is 3. The first-order valence-electron chi connectivity index (χ1n) is 6.60. The Morgan fingerprint density at radius 1 is 1.25 bits per heavy atom. The zero-order valence-electron chi connectivity index (χ0n) is 11.7. The fourth-order valence-corrected chi connectivity index (χ4v) is 2.03. The number of hydrazine groups is 1. The molecule has 0 aromatic carbocycles. The lowest BCUT2D eigenvalue weighted by atomic mass is 10.3. The largest absolute Gasteiger partial charge is 0.357 e. The van der Waals surface area contributed by atoms with Crippen LogP contribution in [-0.4, -0.2) is 47.0 Å². The third-order valence-corrected chi connectivity index (χ3v) is 3.13. The highest BCUT2D eigenvalue weighted by Crippen LogP contribution is 2.18. The summed E-state index contributed by atoms with van der Waals surface area (Å²) in [5, 5.41) is 5.49. The molecule has 0 bridgehead atoms. The second-order valence-corrected chi connectivity index (χ2v) is 4.60. The molecule has 1 saturated heterocycles. The molecule has 1 aromatic heterocycles. The molecule has 1 amide bonds. The Balaban J connectivity index is 2.19. The maximum Gasteiger partial charge on any atom is 0.243 e.